The molecule has 2 aromatic rings. The van der Waals surface area contributed by atoms with Crippen molar-refractivity contribution in [1.29, 1.82) is 0 Å². The van der Waals surface area contributed by atoms with Crippen LogP contribution in [0.3, 0.4) is 0 Å². The Morgan fingerprint density at radius 3 is 2.45 bits per heavy atom. The van der Waals surface area contributed by atoms with Gasteiger partial charge in [-0.3, -0.25) is 0 Å². The molecule has 0 radical (unpaired) electrons. The van der Waals surface area contributed by atoms with Crippen LogP contribution in [-0.2, 0) is 19.5 Å². The largest absolute Gasteiger partial charge is 0.147 e. The normalized spacial score (nSPS) is 9.09. The second-order valence-electron chi connectivity index (χ2n) is 2.26. The van der Waals surface area contributed by atoms with Gasteiger partial charge in [-0.2, -0.15) is 0 Å². The molecule has 0 aliphatic heterocycles. The second-order valence-corrected chi connectivity index (χ2v) is 2.26. The van der Waals surface area contributed by atoms with Crippen molar-refractivity contribution < 1.29 is 19.5 Å². The van der Waals surface area contributed by atoms with Crippen molar-refractivity contribution >= 4 is 10.8 Å². The Kier molecular flexibility index (Phi) is 2.79. The molecule has 0 aliphatic rings. The molecule has 0 aromatic heterocycles. The molecule has 0 amide bonds. The summed E-state index contributed by atoms with van der Waals surface area (Å²) in [4.78, 5) is 0. The Bertz CT molecular complexity index is 276. The van der Waals surface area contributed by atoms with Crippen molar-refractivity contribution in [3.8, 4) is 0 Å². The Balaban J connectivity index is 0.000000605. The minimum absolute atomic E-state index is 0. The van der Waals surface area contributed by atoms with E-state index in [9.17, 15) is 0 Å². The van der Waals surface area contributed by atoms with E-state index in [4.69, 9.17) is 0 Å². The Labute approximate surface area is 79.0 Å². The van der Waals surface area contributed by atoms with Crippen LogP contribution in [0.25, 0.3) is 10.8 Å². The molecule has 0 saturated heterocycles. The molecule has 1 heteroatoms. The summed E-state index contributed by atoms with van der Waals surface area (Å²) >= 11 is 0. The van der Waals surface area contributed by atoms with Gasteiger partial charge in [-0.15, -0.1) is 47.2 Å². The molecule has 2 rings (SSSR count). The minimum Gasteiger partial charge on any atom is -0.147 e. The van der Waals surface area contributed by atoms with Crippen molar-refractivity contribution in [2.75, 3.05) is 0 Å². The van der Waals surface area contributed by atoms with Gasteiger partial charge >= 0.3 is 0 Å². The zero-order valence-corrected chi connectivity index (χ0v) is 9.22. The summed E-state index contributed by atoms with van der Waals surface area (Å²) in [6.07, 6.45) is 0. The summed E-state index contributed by atoms with van der Waals surface area (Å²) < 4.78 is 0. The van der Waals surface area contributed by atoms with Crippen LogP contribution < -0.4 is 0 Å². The van der Waals surface area contributed by atoms with E-state index in [2.05, 4.69) is 24.3 Å². The van der Waals surface area contributed by atoms with Gasteiger partial charge in [0.15, 0.2) is 0 Å². The van der Waals surface area contributed by atoms with Gasteiger partial charge in [0, 0.05) is 19.5 Å². The summed E-state index contributed by atoms with van der Waals surface area (Å²) in [5, 5.41) is 2.44. The van der Waals surface area contributed by atoms with E-state index in [0.29, 0.717) is 0 Å². The minimum atomic E-state index is 0. The van der Waals surface area contributed by atoms with Crippen molar-refractivity contribution in [3.63, 3.8) is 0 Å². The van der Waals surface area contributed by atoms with Crippen LogP contribution in [0, 0.1) is 6.07 Å². The SMILES string of the molecule is [Zn].[c-]1cccc2ccccc12. The average molecular weight is 193 g/mol. The molecule has 0 saturated carbocycles. The fourth-order valence-electron chi connectivity index (χ4n) is 1.06. The van der Waals surface area contributed by atoms with Crippen LogP contribution in [0.1, 0.15) is 0 Å². The van der Waals surface area contributed by atoms with E-state index in [-0.39, 0.29) is 19.5 Å². The first-order valence-corrected chi connectivity index (χ1v) is 3.32. The Morgan fingerprint density at radius 2 is 1.64 bits per heavy atom. The maximum atomic E-state index is 3.15. The Morgan fingerprint density at radius 1 is 0.909 bits per heavy atom. The fraction of sp³-hybridized carbons (Fsp3) is 0. The number of benzene rings is 2. The summed E-state index contributed by atoms with van der Waals surface area (Å²) in [5.74, 6) is 0. The van der Waals surface area contributed by atoms with E-state index in [0.717, 1.165) is 0 Å². The van der Waals surface area contributed by atoms with E-state index in [1.807, 2.05) is 24.3 Å². The topological polar surface area (TPSA) is 0 Å². The molecule has 0 spiro atoms. The van der Waals surface area contributed by atoms with Gasteiger partial charge in [-0.05, 0) is 0 Å². The van der Waals surface area contributed by atoms with E-state index < -0.39 is 0 Å². The molecule has 11 heavy (non-hydrogen) atoms. The Hall–Kier alpha value is -0.677. The van der Waals surface area contributed by atoms with Crippen molar-refractivity contribution in [1.82, 2.24) is 0 Å². The average Bonchev–Trinajstić information content (AvgIpc) is 2.05. The molecule has 0 N–H and O–H groups in total. The van der Waals surface area contributed by atoms with Gasteiger partial charge in [0.1, 0.15) is 0 Å². The zero-order valence-electron chi connectivity index (χ0n) is 6.25. The predicted molar refractivity (Wildman–Crippen MR) is 42.8 cm³/mol. The molecule has 0 fully saturated rings. The van der Waals surface area contributed by atoms with Crippen LogP contribution in [0.2, 0.25) is 0 Å². The quantitative estimate of drug-likeness (QED) is 0.445. The molecule has 0 aliphatic carbocycles. The molecule has 0 atom stereocenters. The van der Waals surface area contributed by atoms with Crippen LogP contribution in [0.4, 0.5) is 0 Å². The third-order valence-corrected chi connectivity index (χ3v) is 1.57. The summed E-state index contributed by atoms with van der Waals surface area (Å²) in [7, 11) is 0. The number of hydrogen-bond acceptors (Lipinski definition) is 0. The van der Waals surface area contributed by atoms with E-state index in [1.165, 1.54) is 10.8 Å². The number of rotatable bonds is 0. The van der Waals surface area contributed by atoms with Crippen LogP contribution in [-0.4, -0.2) is 0 Å². The molecule has 0 bridgehead atoms. The molecule has 0 heterocycles. The van der Waals surface area contributed by atoms with Crippen molar-refractivity contribution in [2.45, 2.75) is 0 Å². The van der Waals surface area contributed by atoms with Crippen LogP contribution in [0.15, 0.2) is 42.5 Å². The smallest absolute Gasteiger partial charge is 0 e. The summed E-state index contributed by atoms with van der Waals surface area (Å²) in [6, 6.07) is 17.4. The maximum Gasteiger partial charge on any atom is 0 e. The molecule has 2 aromatic carbocycles. The van der Waals surface area contributed by atoms with Gasteiger partial charge in [0.2, 0.25) is 0 Å². The van der Waals surface area contributed by atoms with Crippen LogP contribution in [0.5, 0.6) is 0 Å². The van der Waals surface area contributed by atoms with Gasteiger partial charge in [-0.1, -0.05) is 12.1 Å². The summed E-state index contributed by atoms with van der Waals surface area (Å²) in [6.45, 7) is 0. The van der Waals surface area contributed by atoms with Gasteiger partial charge in [0.05, 0.1) is 0 Å². The number of fused-ring (bicyclic) bond motifs is 1. The maximum absolute atomic E-state index is 3.15. The van der Waals surface area contributed by atoms with Gasteiger partial charge in [0.25, 0.3) is 0 Å². The molecule has 0 unspecified atom stereocenters. The molecular weight excluding hydrogens is 185 g/mol. The third kappa shape index (κ3) is 1.67. The third-order valence-electron chi connectivity index (χ3n) is 1.57. The monoisotopic (exact) mass is 191 g/mol. The van der Waals surface area contributed by atoms with Gasteiger partial charge in [-0.25, -0.2) is 0 Å². The first kappa shape index (κ1) is 8.42. The van der Waals surface area contributed by atoms with Crippen molar-refractivity contribution in [2.24, 2.45) is 0 Å². The van der Waals surface area contributed by atoms with Crippen molar-refractivity contribution in [3.05, 3.63) is 48.5 Å². The zero-order chi connectivity index (χ0) is 6.81. The van der Waals surface area contributed by atoms with Crippen LogP contribution >= 0.6 is 0 Å². The second kappa shape index (κ2) is 3.64. The predicted octanol–water partition coefficient (Wildman–Crippen LogP) is 2.64. The summed E-state index contributed by atoms with van der Waals surface area (Å²) in [5.41, 5.74) is 0. The fourth-order valence-corrected chi connectivity index (χ4v) is 1.06. The van der Waals surface area contributed by atoms with Gasteiger partial charge < -0.3 is 0 Å². The standard InChI is InChI=1S/C10H7.Zn/c1-2-6-10-8-4-3-7-9(10)5-1;/h1-7H;/q-1;. The molecule has 50 valence electrons. The first-order valence-electron chi connectivity index (χ1n) is 3.32. The van der Waals surface area contributed by atoms with E-state index in [1.54, 1.807) is 0 Å². The number of hydrogen-bond donors (Lipinski definition) is 0. The first-order chi connectivity index (χ1) is 4.97. The van der Waals surface area contributed by atoms with E-state index >= 15 is 0 Å². The molecular formula is C10H7Zn-. The molecule has 0 nitrogen and oxygen atoms in total.